The summed E-state index contributed by atoms with van der Waals surface area (Å²) in [5, 5.41) is 6.69. The van der Waals surface area contributed by atoms with Crippen LogP contribution in [0.25, 0.3) is 0 Å². The zero-order valence-corrected chi connectivity index (χ0v) is 13.1. The summed E-state index contributed by atoms with van der Waals surface area (Å²) in [5.41, 5.74) is 8.65. The molecule has 1 aliphatic rings. The molecule has 0 amide bonds. The number of anilines is 1. The predicted molar refractivity (Wildman–Crippen MR) is 90.3 cm³/mol. The molecule has 2 aromatic carbocycles. The van der Waals surface area contributed by atoms with Crippen LogP contribution in [0.3, 0.4) is 0 Å². The number of para-hydroxylation sites is 2. The van der Waals surface area contributed by atoms with E-state index in [-0.39, 0.29) is 11.9 Å². The van der Waals surface area contributed by atoms with E-state index in [0.717, 1.165) is 35.6 Å². The maximum atomic E-state index is 13.2. The van der Waals surface area contributed by atoms with Crippen molar-refractivity contribution in [2.75, 3.05) is 18.7 Å². The minimum absolute atomic E-state index is 0.0217. The number of nitrogens with zero attached hydrogens (tertiary/aromatic N) is 2. The molecule has 0 aromatic heterocycles. The Labute approximate surface area is 135 Å². The van der Waals surface area contributed by atoms with Crippen molar-refractivity contribution in [2.24, 2.45) is 10.8 Å². The molecule has 120 valence electrons. The second-order valence-electron chi connectivity index (χ2n) is 5.49. The number of ether oxygens (including phenoxy) is 1. The Balaban J connectivity index is 1.99. The largest absolute Gasteiger partial charge is 0.495 e. The summed E-state index contributed by atoms with van der Waals surface area (Å²) in [7, 11) is 1.65. The van der Waals surface area contributed by atoms with Gasteiger partial charge in [0.15, 0.2) is 0 Å². The number of hydrogen-bond acceptors (Lipinski definition) is 4. The van der Waals surface area contributed by atoms with E-state index in [1.165, 1.54) is 12.1 Å². The summed E-state index contributed by atoms with van der Waals surface area (Å²) < 4.78 is 18.7. The molecule has 2 aromatic rings. The van der Waals surface area contributed by atoms with Gasteiger partial charge in [-0.3, -0.25) is 5.01 Å². The Bertz CT molecular complexity index is 700. The van der Waals surface area contributed by atoms with Crippen molar-refractivity contribution in [1.82, 2.24) is 0 Å². The lowest BCUT2D eigenvalue weighted by atomic mass is 10.00. The fourth-order valence-electron chi connectivity index (χ4n) is 2.88. The van der Waals surface area contributed by atoms with Crippen LogP contribution in [-0.2, 0) is 0 Å². The molecule has 0 bridgehead atoms. The van der Waals surface area contributed by atoms with Crippen LogP contribution in [0.2, 0.25) is 0 Å². The van der Waals surface area contributed by atoms with Crippen molar-refractivity contribution < 1.29 is 9.13 Å². The first-order valence-corrected chi connectivity index (χ1v) is 7.67. The molecule has 2 N–H and O–H groups in total. The number of hydrazone groups is 1. The number of nitrogens with two attached hydrogens (primary N) is 1. The monoisotopic (exact) mass is 313 g/mol. The van der Waals surface area contributed by atoms with E-state index < -0.39 is 0 Å². The highest BCUT2D eigenvalue weighted by Crippen LogP contribution is 2.40. The Morgan fingerprint density at radius 1 is 1.22 bits per heavy atom. The molecule has 0 fully saturated rings. The smallest absolute Gasteiger partial charge is 0.144 e. The molecule has 0 radical (unpaired) electrons. The third-order valence-corrected chi connectivity index (χ3v) is 3.99. The molecule has 5 heteroatoms. The summed E-state index contributed by atoms with van der Waals surface area (Å²) in [4.78, 5) is 0. The van der Waals surface area contributed by atoms with Crippen LogP contribution in [0.5, 0.6) is 5.75 Å². The second kappa shape index (κ2) is 6.79. The number of methoxy groups -OCH3 is 1. The third kappa shape index (κ3) is 3.19. The Morgan fingerprint density at radius 3 is 2.65 bits per heavy atom. The molecule has 1 heterocycles. The molecule has 0 saturated heterocycles. The van der Waals surface area contributed by atoms with Crippen LogP contribution in [0.1, 0.15) is 24.4 Å². The number of hydrogen-bond donors (Lipinski definition) is 1. The van der Waals surface area contributed by atoms with Gasteiger partial charge in [-0.05, 0) is 42.8 Å². The van der Waals surface area contributed by atoms with Crippen molar-refractivity contribution in [1.29, 1.82) is 0 Å². The zero-order valence-electron chi connectivity index (χ0n) is 13.1. The van der Waals surface area contributed by atoms with Gasteiger partial charge in [-0.1, -0.05) is 24.3 Å². The summed E-state index contributed by atoms with van der Waals surface area (Å²) in [5.74, 6) is 0.524. The summed E-state index contributed by atoms with van der Waals surface area (Å²) in [6.45, 7) is 0.564. The van der Waals surface area contributed by atoms with Gasteiger partial charge in [0, 0.05) is 12.1 Å². The van der Waals surface area contributed by atoms with E-state index in [2.05, 4.69) is 0 Å². The molecule has 1 unspecified atom stereocenters. The highest BCUT2D eigenvalue weighted by atomic mass is 19.1. The van der Waals surface area contributed by atoms with E-state index in [4.69, 9.17) is 15.6 Å². The van der Waals surface area contributed by atoms with Gasteiger partial charge in [0.25, 0.3) is 0 Å². The quantitative estimate of drug-likeness (QED) is 0.919. The van der Waals surface area contributed by atoms with Gasteiger partial charge in [-0.15, -0.1) is 0 Å². The van der Waals surface area contributed by atoms with Gasteiger partial charge in [0.1, 0.15) is 17.3 Å². The van der Waals surface area contributed by atoms with Crippen LogP contribution in [0, 0.1) is 5.82 Å². The van der Waals surface area contributed by atoms with Crippen LogP contribution in [0.15, 0.2) is 53.6 Å². The van der Waals surface area contributed by atoms with Crippen LogP contribution < -0.4 is 15.5 Å². The maximum absolute atomic E-state index is 13.2. The van der Waals surface area contributed by atoms with E-state index in [0.29, 0.717) is 6.54 Å². The highest BCUT2D eigenvalue weighted by Gasteiger charge is 2.30. The van der Waals surface area contributed by atoms with Gasteiger partial charge in [-0.25, -0.2) is 4.39 Å². The van der Waals surface area contributed by atoms with E-state index in [1.54, 1.807) is 7.11 Å². The van der Waals surface area contributed by atoms with Crippen molar-refractivity contribution >= 4 is 11.4 Å². The van der Waals surface area contributed by atoms with Crippen LogP contribution in [0.4, 0.5) is 10.1 Å². The number of rotatable bonds is 5. The Hall–Kier alpha value is -2.40. The standard InChI is InChI=1S/C18H20FN3O/c1-23-18-5-3-2-4-16(18)22-17(12-15(21-22)10-11-20)13-6-8-14(19)9-7-13/h2-9,17H,10-12,20H2,1H3. The summed E-state index contributed by atoms with van der Waals surface area (Å²) in [6, 6.07) is 14.4. The molecular weight excluding hydrogens is 293 g/mol. The van der Waals surface area contributed by atoms with Crippen LogP contribution in [-0.4, -0.2) is 19.4 Å². The first-order valence-electron chi connectivity index (χ1n) is 7.67. The van der Waals surface area contributed by atoms with Crippen molar-refractivity contribution in [2.45, 2.75) is 18.9 Å². The minimum atomic E-state index is -0.237. The average molecular weight is 313 g/mol. The van der Waals surface area contributed by atoms with Crippen LogP contribution >= 0.6 is 0 Å². The fourth-order valence-corrected chi connectivity index (χ4v) is 2.88. The fraction of sp³-hybridized carbons (Fsp3) is 0.278. The predicted octanol–water partition coefficient (Wildman–Crippen LogP) is 3.49. The maximum Gasteiger partial charge on any atom is 0.144 e. The lowest BCUT2D eigenvalue weighted by Crippen LogP contribution is -2.19. The second-order valence-corrected chi connectivity index (χ2v) is 5.49. The zero-order chi connectivity index (χ0) is 16.2. The molecule has 23 heavy (non-hydrogen) atoms. The summed E-state index contributed by atoms with van der Waals surface area (Å²) >= 11 is 0. The first kappa shape index (κ1) is 15.5. The van der Waals surface area contributed by atoms with Gasteiger partial charge in [0.05, 0.1) is 13.2 Å². The first-order chi connectivity index (χ1) is 11.2. The minimum Gasteiger partial charge on any atom is -0.495 e. The molecule has 4 nitrogen and oxygen atoms in total. The van der Waals surface area contributed by atoms with Gasteiger partial charge >= 0.3 is 0 Å². The molecule has 1 atom stereocenters. The number of benzene rings is 2. The average Bonchev–Trinajstić information content (AvgIpc) is 2.99. The number of halogens is 1. The van der Waals surface area contributed by atoms with Gasteiger partial charge in [-0.2, -0.15) is 5.10 Å². The molecular formula is C18H20FN3O. The van der Waals surface area contributed by atoms with E-state index in [9.17, 15) is 4.39 Å². The third-order valence-electron chi connectivity index (χ3n) is 3.99. The van der Waals surface area contributed by atoms with Crippen molar-refractivity contribution in [3.05, 3.63) is 59.9 Å². The summed E-state index contributed by atoms with van der Waals surface area (Å²) in [6.07, 6.45) is 1.53. The lowest BCUT2D eigenvalue weighted by Gasteiger charge is -2.25. The lowest BCUT2D eigenvalue weighted by molar-refractivity contribution is 0.413. The normalized spacial score (nSPS) is 17.3. The highest BCUT2D eigenvalue weighted by molar-refractivity contribution is 5.89. The molecule has 3 rings (SSSR count). The van der Waals surface area contributed by atoms with Gasteiger partial charge < -0.3 is 10.5 Å². The van der Waals surface area contributed by atoms with E-state index >= 15 is 0 Å². The molecule has 1 aliphatic heterocycles. The Kier molecular flexibility index (Phi) is 4.57. The van der Waals surface area contributed by atoms with Crippen molar-refractivity contribution in [3.63, 3.8) is 0 Å². The van der Waals surface area contributed by atoms with Gasteiger partial charge in [0.2, 0.25) is 0 Å². The SMILES string of the molecule is COc1ccccc1N1N=C(CCN)CC1c1ccc(F)cc1. The van der Waals surface area contributed by atoms with E-state index in [1.807, 2.05) is 41.4 Å². The molecule has 0 spiro atoms. The topological polar surface area (TPSA) is 50.8 Å². The Morgan fingerprint density at radius 2 is 1.96 bits per heavy atom. The molecule has 0 saturated carbocycles. The molecule has 0 aliphatic carbocycles. The van der Waals surface area contributed by atoms with Crippen molar-refractivity contribution in [3.8, 4) is 5.75 Å².